The fourth-order valence-corrected chi connectivity index (χ4v) is 2.29. The van der Waals surface area contributed by atoms with Gasteiger partial charge in [-0.25, -0.2) is 0 Å². The van der Waals surface area contributed by atoms with Crippen molar-refractivity contribution in [2.45, 2.75) is 19.3 Å². The lowest BCUT2D eigenvalue weighted by molar-refractivity contribution is -0.150. The van der Waals surface area contributed by atoms with Gasteiger partial charge in [0.25, 0.3) is 0 Å². The molecular weight excluding hydrogens is 230 g/mol. The summed E-state index contributed by atoms with van der Waals surface area (Å²) >= 11 is 0. The molecule has 1 unspecified atom stereocenters. The molecule has 1 fully saturated rings. The highest BCUT2D eigenvalue weighted by Crippen LogP contribution is 2.16. The van der Waals surface area contributed by atoms with E-state index in [-0.39, 0.29) is 12.3 Å². The molecule has 1 aliphatic rings. The Labute approximate surface area is 106 Å². The molecule has 1 aliphatic heterocycles. The van der Waals surface area contributed by atoms with Crippen molar-refractivity contribution in [3.63, 3.8) is 0 Å². The van der Waals surface area contributed by atoms with E-state index in [4.69, 9.17) is 0 Å². The van der Waals surface area contributed by atoms with Gasteiger partial charge in [-0.2, -0.15) is 0 Å². The number of carboxylic acid groups (broad SMARTS) is 1. The minimum absolute atomic E-state index is 0.246. The summed E-state index contributed by atoms with van der Waals surface area (Å²) in [5.74, 6) is -2.23. The van der Waals surface area contributed by atoms with Crippen molar-refractivity contribution in [2.75, 3.05) is 13.1 Å². The third-order valence-corrected chi connectivity index (χ3v) is 3.30. The lowest BCUT2D eigenvalue weighted by atomic mass is 9.98. The van der Waals surface area contributed by atoms with E-state index in [1.165, 1.54) is 0 Å². The van der Waals surface area contributed by atoms with Gasteiger partial charge in [-0.3, -0.25) is 9.59 Å². The van der Waals surface area contributed by atoms with Crippen LogP contribution in [0.15, 0.2) is 30.3 Å². The maximum Gasteiger partial charge on any atom is 0.316 e. The first-order chi connectivity index (χ1) is 8.68. The Morgan fingerprint density at radius 1 is 1.17 bits per heavy atom. The van der Waals surface area contributed by atoms with Crippen LogP contribution in [0.4, 0.5) is 0 Å². The zero-order valence-corrected chi connectivity index (χ0v) is 10.2. The largest absolute Gasteiger partial charge is 0.481 e. The van der Waals surface area contributed by atoms with Gasteiger partial charge < -0.3 is 10.0 Å². The molecule has 1 aromatic rings. The Bertz CT molecular complexity index is 424. The van der Waals surface area contributed by atoms with E-state index in [1.807, 2.05) is 30.3 Å². The van der Waals surface area contributed by atoms with E-state index in [2.05, 4.69) is 0 Å². The zero-order valence-electron chi connectivity index (χ0n) is 10.2. The minimum Gasteiger partial charge on any atom is -0.481 e. The first-order valence-electron chi connectivity index (χ1n) is 6.24. The Morgan fingerprint density at radius 2 is 1.78 bits per heavy atom. The van der Waals surface area contributed by atoms with Gasteiger partial charge >= 0.3 is 5.97 Å². The van der Waals surface area contributed by atoms with Crippen molar-refractivity contribution >= 4 is 11.9 Å². The van der Waals surface area contributed by atoms with Crippen LogP contribution in [0.5, 0.6) is 0 Å². The van der Waals surface area contributed by atoms with Crippen molar-refractivity contribution in [3.8, 4) is 0 Å². The summed E-state index contributed by atoms with van der Waals surface area (Å²) < 4.78 is 0. The standard InChI is InChI=1S/C14H17NO3/c16-13(15-8-4-5-9-15)12(14(17)18)10-11-6-2-1-3-7-11/h1-3,6-7,12H,4-5,8-10H2,(H,17,18). The maximum atomic E-state index is 12.1. The molecule has 1 amide bonds. The van der Waals surface area contributed by atoms with Crippen LogP contribution in [0.25, 0.3) is 0 Å². The van der Waals surface area contributed by atoms with E-state index in [1.54, 1.807) is 4.90 Å². The average molecular weight is 247 g/mol. The second-order valence-electron chi connectivity index (χ2n) is 4.61. The quantitative estimate of drug-likeness (QED) is 0.821. The van der Waals surface area contributed by atoms with E-state index < -0.39 is 11.9 Å². The summed E-state index contributed by atoms with van der Waals surface area (Å²) in [4.78, 5) is 25.1. The Hall–Kier alpha value is -1.84. The van der Waals surface area contributed by atoms with Crippen molar-refractivity contribution in [1.82, 2.24) is 4.90 Å². The van der Waals surface area contributed by atoms with Gasteiger partial charge in [0, 0.05) is 13.1 Å². The fraction of sp³-hybridized carbons (Fsp3) is 0.429. The minimum atomic E-state index is -1.03. The molecule has 4 nitrogen and oxygen atoms in total. The van der Waals surface area contributed by atoms with Crippen LogP contribution in [0.2, 0.25) is 0 Å². The first-order valence-corrected chi connectivity index (χ1v) is 6.24. The van der Waals surface area contributed by atoms with E-state index in [0.29, 0.717) is 13.1 Å². The normalized spacial score (nSPS) is 16.6. The van der Waals surface area contributed by atoms with Crippen LogP contribution in [0.3, 0.4) is 0 Å². The molecule has 1 atom stereocenters. The van der Waals surface area contributed by atoms with Crippen molar-refractivity contribution in [2.24, 2.45) is 5.92 Å². The zero-order chi connectivity index (χ0) is 13.0. The smallest absolute Gasteiger partial charge is 0.316 e. The lowest BCUT2D eigenvalue weighted by Gasteiger charge is -2.20. The molecule has 1 heterocycles. The van der Waals surface area contributed by atoms with Gasteiger partial charge in [0.05, 0.1) is 0 Å². The molecule has 18 heavy (non-hydrogen) atoms. The Kier molecular flexibility index (Phi) is 3.97. The van der Waals surface area contributed by atoms with Gasteiger partial charge in [-0.15, -0.1) is 0 Å². The molecule has 1 N–H and O–H groups in total. The highest BCUT2D eigenvalue weighted by atomic mass is 16.4. The summed E-state index contributed by atoms with van der Waals surface area (Å²) in [6.45, 7) is 1.38. The fourth-order valence-electron chi connectivity index (χ4n) is 2.29. The number of aliphatic carboxylic acids is 1. The summed E-state index contributed by atoms with van der Waals surface area (Å²) in [5.41, 5.74) is 0.887. The third kappa shape index (κ3) is 2.88. The number of hydrogen-bond donors (Lipinski definition) is 1. The van der Waals surface area contributed by atoms with Gasteiger partial charge in [0.1, 0.15) is 5.92 Å². The SMILES string of the molecule is O=C(O)C(Cc1ccccc1)C(=O)N1CCCC1. The molecule has 0 saturated carbocycles. The second kappa shape index (κ2) is 5.67. The molecule has 2 rings (SSSR count). The van der Waals surface area contributed by atoms with Crippen molar-refractivity contribution < 1.29 is 14.7 Å². The predicted octanol–water partition coefficient (Wildman–Crippen LogP) is 1.55. The van der Waals surface area contributed by atoms with Crippen LogP contribution in [-0.2, 0) is 16.0 Å². The number of benzene rings is 1. The molecule has 96 valence electrons. The number of carboxylic acids is 1. The van der Waals surface area contributed by atoms with Crippen LogP contribution in [0.1, 0.15) is 18.4 Å². The average Bonchev–Trinajstić information content (AvgIpc) is 2.90. The number of likely N-dealkylation sites (tertiary alicyclic amines) is 1. The summed E-state index contributed by atoms with van der Waals surface area (Å²) in [6.07, 6.45) is 2.22. The number of carbonyl (C=O) groups excluding carboxylic acids is 1. The molecule has 0 aliphatic carbocycles. The molecule has 1 aromatic carbocycles. The van der Waals surface area contributed by atoms with Gasteiger partial charge in [0.2, 0.25) is 5.91 Å². The van der Waals surface area contributed by atoms with E-state index >= 15 is 0 Å². The van der Waals surface area contributed by atoms with Crippen molar-refractivity contribution in [1.29, 1.82) is 0 Å². The number of hydrogen-bond acceptors (Lipinski definition) is 2. The molecule has 4 heteroatoms. The summed E-state index contributed by atoms with van der Waals surface area (Å²) in [7, 11) is 0. The van der Waals surface area contributed by atoms with Crippen molar-refractivity contribution in [3.05, 3.63) is 35.9 Å². The predicted molar refractivity (Wildman–Crippen MR) is 67.1 cm³/mol. The van der Waals surface area contributed by atoms with Gasteiger partial charge in [-0.1, -0.05) is 30.3 Å². The van der Waals surface area contributed by atoms with E-state index in [0.717, 1.165) is 18.4 Å². The second-order valence-corrected chi connectivity index (χ2v) is 4.61. The highest BCUT2D eigenvalue weighted by molar-refractivity contribution is 5.97. The molecule has 0 spiro atoms. The summed E-state index contributed by atoms with van der Waals surface area (Å²) in [5, 5.41) is 9.22. The number of nitrogens with zero attached hydrogens (tertiary/aromatic N) is 1. The van der Waals surface area contributed by atoms with Gasteiger partial charge in [-0.05, 0) is 24.8 Å². The van der Waals surface area contributed by atoms with Crippen LogP contribution in [0, 0.1) is 5.92 Å². The monoisotopic (exact) mass is 247 g/mol. The number of amides is 1. The van der Waals surface area contributed by atoms with Crippen LogP contribution >= 0.6 is 0 Å². The van der Waals surface area contributed by atoms with Crippen LogP contribution < -0.4 is 0 Å². The molecular formula is C14H17NO3. The Balaban J connectivity index is 2.08. The third-order valence-electron chi connectivity index (χ3n) is 3.30. The summed E-state index contributed by atoms with van der Waals surface area (Å²) in [6, 6.07) is 9.30. The molecule has 0 radical (unpaired) electrons. The van der Waals surface area contributed by atoms with E-state index in [9.17, 15) is 14.7 Å². The van der Waals surface area contributed by atoms with Crippen LogP contribution in [-0.4, -0.2) is 35.0 Å². The van der Waals surface area contributed by atoms with Gasteiger partial charge in [0.15, 0.2) is 0 Å². The lowest BCUT2D eigenvalue weighted by Crippen LogP contribution is -2.38. The maximum absolute atomic E-state index is 12.1. The molecule has 1 saturated heterocycles. The molecule has 0 bridgehead atoms. The number of carbonyl (C=O) groups is 2. The number of rotatable bonds is 4. The molecule has 0 aromatic heterocycles. The Morgan fingerprint density at radius 3 is 2.33 bits per heavy atom. The first kappa shape index (κ1) is 12.6. The highest BCUT2D eigenvalue weighted by Gasteiger charge is 2.31. The topological polar surface area (TPSA) is 57.6 Å².